The van der Waals surface area contributed by atoms with Gasteiger partial charge in [0.05, 0.1) is 6.54 Å². The Bertz CT molecular complexity index is 762. The van der Waals surface area contributed by atoms with Crippen LogP contribution in [0.2, 0.25) is 0 Å². The Balaban J connectivity index is 1.78. The number of carbonyl (C=O) groups excluding carboxylic acids is 2. The van der Waals surface area contributed by atoms with E-state index in [0.717, 1.165) is 11.4 Å². The van der Waals surface area contributed by atoms with Gasteiger partial charge in [0.1, 0.15) is 6.33 Å². The summed E-state index contributed by atoms with van der Waals surface area (Å²) in [5, 5.41) is 2.60. The monoisotopic (exact) mass is 320 g/mol. The molecule has 1 aromatic heterocycles. The van der Waals surface area contributed by atoms with Crippen LogP contribution in [0.1, 0.15) is 0 Å². The third kappa shape index (κ3) is 3.49. The summed E-state index contributed by atoms with van der Waals surface area (Å²) < 4.78 is 1.28. The summed E-state index contributed by atoms with van der Waals surface area (Å²) in [7, 11) is 0. The van der Waals surface area contributed by atoms with Gasteiger partial charge < -0.3 is 5.32 Å². The predicted octanol–water partition coefficient (Wildman–Crippen LogP) is 2.81. The van der Waals surface area contributed by atoms with E-state index in [1.165, 1.54) is 23.3 Å². The van der Waals surface area contributed by atoms with E-state index in [4.69, 9.17) is 0 Å². The highest BCUT2D eigenvalue weighted by atomic mass is 16.2. The Morgan fingerprint density at radius 3 is 2.04 bits per heavy atom. The Morgan fingerprint density at radius 2 is 1.54 bits per heavy atom. The molecule has 0 unspecified atom stereocenters. The molecule has 1 heterocycles. The molecule has 3 aromatic rings. The van der Waals surface area contributed by atoms with Gasteiger partial charge in [0, 0.05) is 23.8 Å². The highest BCUT2D eigenvalue weighted by molar-refractivity contribution is 6.02. The first-order valence-electron chi connectivity index (χ1n) is 7.45. The fourth-order valence-electron chi connectivity index (χ4n) is 2.29. The maximum Gasteiger partial charge on any atom is 0.327 e. The van der Waals surface area contributed by atoms with E-state index in [1.54, 1.807) is 4.90 Å². The third-order valence-electron chi connectivity index (χ3n) is 3.41. The van der Waals surface area contributed by atoms with Gasteiger partial charge in [-0.25, -0.2) is 9.78 Å². The van der Waals surface area contributed by atoms with Crippen LogP contribution in [0, 0.1) is 0 Å². The zero-order chi connectivity index (χ0) is 16.8. The fraction of sp³-hybridized carbons (Fsp3) is 0.0556. The standard InChI is InChI=1S/C18H16N4O2/c23-17(13-20-18(24)21-12-11-19-14-21)22(15-7-3-1-4-8-15)16-9-5-2-6-10-16/h1-12,14H,13H2,(H,20,24). The van der Waals surface area contributed by atoms with E-state index in [0.29, 0.717) is 0 Å². The minimum Gasteiger partial charge on any atom is -0.328 e. The number of rotatable bonds is 4. The van der Waals surface area contributed by atoms with E-state index in [2.05, 4.69) is 10.3 Å². The molecule has 0 saturated carbocycles. The zero-order valence-electron chi connectivity index (χ0n) is 12.9. The second-order valence-corrected chi connectivity index (χ2v) is 5.03. The number of nitrogens with one attached hydrogen (secondary N) is 1. The molecule has 0 fully saturated rings. The summed E-state index contributed by atoms with van der Waals surface area (Å²) >= 11 is 0. The van der Waals surface area contributed by atoms with Crippen LogP contribution in [0.25, 0.3) is 0 Å². The van der Waals surface area contributed by atoms with E-state index in [9.17, 15) is 9.59 Å². The molecule has 0 atom stereocenters. The van der Waals surface area contributed by atoms with E-state index < -0.39 is 6.03 Å². The van der Waals surface area contributed by atoms with Crippen molar-refractivity contribution in [3.05, 3.63) is 79.4 Å². The summed E-state index contributed by atoms with van der Waals surface area (Å²) in [4.78, 5) is 30.0. The van der Waals surface area contributed by atoms with Crippen molar-refractivity contribution in [2.45, 2.75) is 0 Å². The number of aromatic nitrogens is 2. The van der Waals surface area contributed by atoms with Gasteiger partial charge in [0.2, 0.25) is 0 Å². The molecule has 0 aliphatic heterocycles. The third-order valence-corrected chi connectivity index (χ3v) is 3.41. The number of anilines is 2. The predicted molar refractivity (Wildman–Crippen MR) is 91.1 cm³/mol. The SMILES string of the molecule is O=C(CNC(=O)n1ccnc1)N(c1ccccc1)c1ccccc1. The summed E-state index contributed by atoms with van der Waals surface area (Å²) in [6, 6.07) is 18.2. The number of hydrogen-bond acceptors (Lipinski definition) is 3. The normalized spacial score (nSPS) is 10.2. The Labute approximate surface area is 139 Å². The van der Waals surface area contributed by atoms with E-state index >= 15 is 0 Å². The lowest BCUT2D eigenvalue weighted by molar-refractivity contribution is -0.116. The molecule has 6 nitrogen and oxygen atoms in total. The minimum atomic E-state index is -0.401. The van der Waals surface area contributed by atoms with Gasteiger partial charge in [0.25, 0.3) is 5.91 Å². The topological polar surface area (TPSA) is 67.2 Å². The number of hydrogen-bond donors (Lipinski definition) is 1. The maximum atomic E-state index is 12.7. The number of para-hydroxylation sites is 2. The van der Waals surface area contributed by atoms with Crippen molar-refractivity contribution in [1.82, 2.24) is 14.9 Å². The van der Waals surface area contributed by atoms with Crippen LogP contribution in [0.5, 0.6) is 0 Å². The molecule has 120 valence electrons. The molecule has 0 aliphatic rings. The van der Waals surface area contributed by atoms with Crippen molar-refractivity contribution in [3.8, 4) is 0 Å². The highest BCUT2D eigenvalue weighted by Gasteiger charge is 2.18. The molecule has 2 aromatic carbocycles. The van der Waals surface area contributed by atoms with Crippen LogP contribution < -0.4 is 10.2 Å². The lowest BCUT2D eigenvalue weighted by Crippen LogP contribution is -2.39. The van der Waals surface area contributed by atoms with E-state index in [1.807, 2.05) is 60.7 Å². The molecule has 0 saturated heterocycles. The molecule has 2 amide bonds. The first-order chi connectivity index (χ1) is 11.8. The molecule has 0 radical (unpaired) electrons. The smallest absolute Gasteiger partial charge is 0.327 e. The largest absolute Gasteiger partial charge is 0.328 e. The molecule has 24 heavy (non-hydrogen) atoms. The Kier molecular flexibility index (Phi) is 4.67. The zero-order valence-corrected chi connectivity index (χ0v) is 12.9. The van der Waals surface area contributed by atoms with Crippen molar-refractivity contribution < 1.29 is 9.59 Å². The van der Waals surface area contributed by atoms with Crippen LogP contribution in [0.4, 0.5) is 16.2 Å². The van der Waals surface area contributed by atoms with Gasteiger partial charge in [-0.1, -0.05) is 36.4 Å². The Hall–Kier alpha value is -3.41. The summed E-state index contributed by atoms with van der Waals surface area (Å²) in [6.45, 7) is -0.124. The number of carbonyl (C=O) groups is 2. The molecular weight excluding hydrogens is 304 g/mol. The van der Waals surface area contributed by atoms with Gasteiger partial charge in [-0.15, -0.1) is 0 Å². The van der Waals surface area contributed by atoms with Crippen molar-refractivity contribution in [1.29, 1.82) is 0 Å². The van der Waals surface area contributed by atoms with Crippen LogP contribution in [-0.4, -0.2) is 28.0 Å². The summed E-state index contributed by atoms with van der Waals surface area (Å²) in [5.74, 6) is -0.235. The van der Waals surface area contributed by atoms with Crippen molar-refractivity contribution in [3.63, 3.8) is 0 Å². The van der Waals surface area contributed by atoms with Gasteiger partial charge in [-0.2, -0.15) is 0 Å². The first kappa shape index (κ1) is 15.5. The average molecular weight is 320 g/mol. The summed E-state index contributed by atoms with van der Waals surface area (Å²) in [6.07, 6.45) is 4.40. The van der Waals surface area contributed by atoms with Crippen LogP contribution >= 0.6 is 0 Å². The average Bonchev–Trinajstić information content (AvgIpc) is 3.16. The molecule has 3 rings (SSSR count). The van der Waals surface area contributed by atoms with Crippen molar-refractivity contribution in [2.24, 2.45) is 0 Å². The van der Waals surface area contributed by atoms with Crippen LogP contribution in [0.3, 0.4) is 0 Å². The molecular formula is C18H16N4O2. The molecule has 0 aliphatic carbocycles. The van der Waals surface area contributed by atoms with Gasteiger partial charge in [0.15, 0.2) is 0 Å². The molecule has 1 N–H and O–H groups in total. The Morgan fingerprint density at radius 1 is 0.958 bits per heavy atom. The van der Waals surface area contributed by atoms with Crippen molar-refractivity contribution in [2.75, 3.05) is 11.4 Å². The van der Waals surface area contributed by atoms with Gasteiger partial charge in [-0.3, -0.25) is 14.3 Å². The number of imidazole rings is 1. The second-order valence-electron chi connectivity index (χ2n) is 5.03. The molecule has 0 spiro atoms. The molecule has 0 bridgehead atoms. The van der Waals surface area contributed by atoms with E-state index in [-0.39, 0.29) is 12.5 Å². The van der Waals surface area contributed by atoms with Gasteiger partial charge in [-0.05, 0) is 24.3 Å². The lowest BCUT2D eigenvalue weighted by atomic mass is 10.2. The quantitative estimate of drug-likeness (QED) is 0.804. The molecule has 6 heteroatoms. The number of amides is 2. The fourth-order valence-corrected chi connectivity index (χ4v) is 2.29. The number of benzene rings is 2. The minimum absolute atomic E-state index is 0.124. The van der Waals surface area contributed by atoms with Crippen molar-refractivity contribution >= 4 is 23.3 Å². The maximum absolute atomic E-state index is 12.7. The highest BCUT2D eigenvalue weighted by Crippen LogP contribution is 2.24. The summed E-state index contributed by atoms with van der Waals surface area (Å²) in [5.41, 5.74) is 1.48. The number of nitrogens with zero attached hydrogens (tertiary/aromatic N) is 3. The van der Waals surface area contributed by atoms with Crippen LogP contribution in [0.15, 0.2) is 79.4 Å². The van der Waals surface area contributed by atoms with Crippen LogP contribution in [-0.2, 0) is 4.79 Å². The first-order valence-corrected chi connectivity index (χ1v) is 7.45. The lowest BCUT2D eigenvalue weighted by Gasteiger charge is -2.23. The van der Waals surface area contributed by atoms with Gasteiger partial charge >= 0.3 is 6.03 Å². The second kappa shape index (κ2) is 7.23.